The molecule has 1 unspecified atom stereocenters. The molecule has 1 saturated heterocycles. The van der Waals surface area contributed by atoms with E-state index in [2.05, 4.69) is 24.8 Å². The van der Waals surface area contributed by atoms with Crippen molar-refractivity contribution in [1.29, 1.82) is 5.26 Å². The molecule has 1 atom stereocenters. The Morgan fingerprint density at radius 1 is 1.43 bits per heavy atom. The summed E-state index contributed by atoms with van der Waals surface area (Å²) >= 11 is 3.09. The first kappa shape index (κ1) is 19.0. The maximum atomic E-state index is 12.3. The second-order valence-corrected chi connectivity index (χ2v) is 8.75. The quantitative estimate of drug-likeness (QED) is 0.459. The van der Waals surface area contributed by atoms with Crippen LogP contribution in [0.4, 0.5) is 0 Å². The van der Waals surface area contributed by atoms with E-state index in [1.54, 1.807) is 11.3 Å². The van der Waals surface area contributed by atoms with Gasteiger partial charge in [-0.25, -0.2) is 9.50 Å². The van der Waals surface area contributed by atoms with E-state index in [0.29, 0.717) is 29.2 Å². The SMILES string of the molecule is N#Cc1c[nH]n2c(=O)cc(CSc3nnc(-c4cccs4)n3CC3CCCO3)nc12. The molecule has 0 bridgehead atoms. The van der Waals surface area contributed by atoms with E-state index >= 15 is 0 Å². The minimum atomic E-state index is -0.253. The molecule has 4 aromatic rings. The Hall–Kier alpha value is -2.94. The number of nitrogens with one attached hydrogen (secondary N) is 1. The van der Waals surface area contributed by atoms with Crippen molar-refractivity contribution in [2.45, 2.75) is 36.4 Å². The Balaban J connectivity index is 1.44. The van der Waals surface area contributed by atoms with Gasteiger partial charge in [0.25, 0.3) is 5.56 Å². The second-order valence-electron chi connectivity index (χ2n) is 6.86. The lowest BCUT2D eigenvalue weighted by molar-refractivity contribution is 0.0953. The minimum Gasteiger partial charge on any atom is -0.376 e. The number of fused-ring (bicyclic) bond motifs is 1. The van der Waals surface area contributed by atoms with Gasteiger partial charge in [0.15, 0.2) is 16.6 Å². The number of nitrogens with zero attached hydrogens (tertiary/aromatic N) is 6. The van der Waals surface area contributed by atoms with E-state index in [-0.39, 0.29) is 11.7 Å². The first-order valence-electron chi connectivity index (χ1n) is 9.44. The first-order chi connectivity index (χ1) is 14.7. The van der Waals surface area contributed by atoms with Crippen molar-refractivity contribution in [3.8, 4) is 16.8 Å². The van der Waals surface area contributed by atoms with Crippen molar-refractivity contribution >= 4 is 28.7 Å². The fourth-order valence-corrected chi connectivity index (χ4v) is 5.02. The van der Waals surface area contributed by atoms with Crippen LogP contribution in [0.3, 0.4) is 0 Å². The Morgan fingerprint density at radius 2 is 2.37 bits per heavy atom. The molecule has 0 radical (unpaired) electrons. The number of hydrogen-bond acceptors (Lipinski definition) is 8. The van der Waals surface area contributed by atoms with Gasteiger partial charge in [0.1, 0.15) is 11.6 Å². The van der Waals surface area contributed by atoms with Crippen LogP contribution in [-0.4, -0.2) is 42.1 Å². The fourth-order valence-electron chi connectivity index (χ4n) is 3.46. The number of aromatic nitrogens is 6. The molecule has 1 aliphatic rings. The normalized spacial score (nSPS) is 16.3. The molecule has 0 saturated carbocycles. The number of aromatic amines is 1. The summed E-state index contributed by atoms with van der Waals surface area (Å²) in [5.41, 5.74) is 1.00. The molecule has 30 heavy (non-hydrogen) atoms. The van der Waals surface area contributed by atoms with E-state index in [9.17, 15) is 10.1 Å². The molecule has 4 aromatic heterocycles. The first-order valence-corrected chi connectivity index (χ1v) is 11.3. The van der Waals surface area contributed by atoms with Gasteiger partial charge in [-0.1, -0.05) is 17.8 Å². The van der Waals surface area contributed by atoms with Crippen molar-refractivity contribution in [3.63, 3.8) is 0 Å². The van der Waals surface area contributed by atoms with Crippen LogP contribution in [0, 0.1) is 11.3 Å². The van der Waals surface area contributed by atoms with E-state index in [1.807, 2.05) is 23.6 Å². The average Bonchev–Trinajstić information content (AvgIpc) is 3.53. The number of rotatable bonds is 6. The van der Waals surface area contributed by atoms with Crippen LogP contribution in [0.25, 0.3) is 16.3 Å². The molecular weight excluding hydrogens is 422 g/mol. The number of ether oxygens (including phenoxy) is 1. The summed E-state index contributed by atoms with van der Waals surface area (Å²) in [6.07, 6.45) is 3.71. The number of H-pyrrole nitrogens is 1. The van der Waals surface area contributed by atoms with Crippen molar-refractivity contribution in [1.82, 2.24) is 29.4 Å². The minimum absolute atomic E-state index is 0.149. The molecule has 11 heteroatoms. The number of thiophene rings is 1. The third kappa shape index (κ3) is 3.54. The summed E-state index contributed by atoms with van der Waals surface area (Å²) in [5, 5.41) is 23.5. The monoisotopic (exact) mass is 439 g/mol. The number of nitriles is 1. The second kappa shape index (κ2) is 8.06. The zero-order valence-corrected chi connectivity index (χ0v) is 17.4. The molecule has 0 aromatic carbocycles. The van der Waals surface area contributed by atoms with Crippen molar-refractivity contribution in [2.75, 3.05) is 6.61 Å². The zero-order valence-electron chi connectivity index (χ0n) is 15.8. The summed E-state index contributed by atoms with van der Waals surface area (Å²) in [6, 6.07) is 7.54. The summed E-state index contributed by atoms with van der Waals surface area (Å²) in [5.74, 6) is 1.26. The van der Waals surface area contributed by atoms with E-state index < -0.39 is 0 Å². The molecule has 5 heterocycles. The lowest BCUT2D eigenvalue weighted by Gasteiger charge is -2.14. The largest absolute Gasteiger partial charge is 0.376 e. The molecule has 0 amide bonds. The third-order valence-corrected chi connectivity index (χ3v) is 6.76. The maximum Gasteiger partial charge on any atom is 0.272 e. The molecule has 0 spiro atoms. The van der Waals surface area contributed by atoms with Crippen LogP contribution < -0.4 is 5.56 Å². The molecule has 0 aliphatic carbocycles. The Kier molecular flexibility index (Phi) is 5.12. The Labute approximate surface area is 179 Å². The van der Waals surface area contributed by atoms with Crippen LogP contribution in [-0.2, 0) is 17.0 Å². The summed E-state index contributed by atoms with van der Waals surface area (Å²) in [4.78, 5) is 17.9. The maximum absolute atomic E-state index is 12.3. The highest BCUT2D eigenvalue weighted by Gasteiger charge is 2.22. The topological polar surface area (TPSA) is 114 Å². The van der Waals surface area contributed by atoms with Crippen molar-refractivity contribution in [3.05, 3.63) is 51.4 Å². The van der Waals surface area contributed by atoms with Crippen molar-refractivity contribution in [2.24, 2.45) is 0 Å². The fraction of sp³-hybridized carbons (Fsp3) is 0.316. The standard InChI is InChI=1S/C19H17N7O2S2/c20-8-12-9-21-26-16(27)7-13(22-17(12)26)11-30-19-24-23-18(15-4-2-6-29-15)25(19)10-14-3-1-5-28-14/h2,4,6-7,9,14,21H,1,3,5,10-11H2. The van der Waals surface area contributed by atoms with Gasteiger partial charge in [-0.15, -0.1) is 21.5 Å². The van der Waals surface area contributed by atoms with Gasteiger partial charge in [0, 0.05) is 24.6 Å². The van der Waals surface area contributed by atoms with Gasteiger partial charge in [-0.05, 0) is 24.3 Å². The van der Waals surface area contributed by atoms with Gasteiger partial charge in [0.2, 0.25) is 0 Å². The summed E-state index contributed by atoms with van der Waals surface area (Å²) in [7, 11) is 0. The predicted octanol–water partition coefficient (Wildman–Crippen LogP) is 2.69. The van der Waals surface area contributed by atoms with E-state index in [4.69, 9.17) is 4.74 Å². The summed E-state index contributed by atoms with van der Waals surface area (Å²) in [6.45, 7) is 1.48. The number of hydrogen-bond donors (Lipinski definition) is 1. The molecule has 152 valence electrons. The number of thioether (sulfide) groups is 1. The van der Waals surface area contributed by atoms with Gasteiger partial charge in [0.05, 0.1) is 23.2 Å². The predicted molar refractivity (Wildman–Crippen MR) is 112 cm³/mol. The molecule has 9 nitrogen and oxygen atoms in total. The van der Waals surface area contributed by atoms with Crippen LogP contribution in [0.2, 0.25) is 0 Å². The smallest absolute Gasteiger partial charge is 0.272 e. The van der Waals surface area contributed by atoms with E-state index in [1.165, 1.54) is 28.5 Å². The van der Waals surface area contributed by atoms with Gasteiger partial charge < -0.3 is 4.74 Å². The third-order valence-electron chi connectivity index (χ3n) is 4.89. The van der Waals surface area contributed by atoms with Crippen molar-refractivity contribution < 1.29 is 4.74 Å². The highest BCUT2D eigenvalue weighted by Crippen LogP contribution is 2.30. The molecular formula is C19H17N7O2S2. The van der Waals surface area contributed by atoms with Gasteiger partial charge in [-0.3, -0.25) is 14.5 Å². The highest BCUT2D eigenvalue weighted by molar-refractivity contribution is 7.98. The average molecular weight is 440 g/mol. The van der Waals surface area contributed by atoms with E-state index in [0.717, 1.165) is 35.3 Å². The van der Waals surface area contributed by atoms with Crippen LogP contribution in [0.5, 0.6) is 0 Å². The molecule has 1 N–H and O–H groups in total. The van der Waals surface area contributed by atoms with Gasteiger partial charge >= 0.3 is 0 Å². The lowest BCUT2D eigenvalue weighted by atomic mass is 10.2. The Morgan fingerprint density at radius 3 is 3.13 bits per heavy atom. The molecule has 1 aliphatic heterocycles. The van der Waals surface area contributed by atoms with Gasteiger partial charge in [-0.2, -0.15) is 5.26 Å². The van der Waals surface area contributed by atoms with Crippen LogP contribution in [0.1, 0.15) is 24.1 Å². The zero-order chi connectivity index (χ0) is 20.5. The Bertz CT molecular complexity index is 1280. The van der Waals surface area contributed by atoms with Crippen LogP contribution >= 0.6 is 23.1 Å². The summed E-state index contributed by atoms with van der Waals surface area (Å²) < 4.78 is 9.18. The molecule has 5 rings (SSSR count). The lowest BCUT2D eigenvalue weighted by Crippen LogP contribution is -2.17. The highest BCUT2D eigenvalue weighted by atomic mass is 32.2. The molecule has 1 fully saturated rings. The van der Waals surface area contributed by atoms with Crippen LogP contribution in [0.15, 0.2) is 39.7 Å².